The van der Waals surface area contributed by atoms with Gasteiger partial charge in [0.1, 0.15) is 134 Å². The molecule has 2 unspecified atom stereocenters. The number of carbonyl (C=O) groups excluding carboxylic acids is 2. The Labute approximate surface area is 391 Å². The topological polar surface area (TPSA) is 494 Å². The van der Waals surface area contributed by atoms with E-state index in [0.717, 1.165) is 13.8 Å². The predicted octanol–water partition coefficient (Wildman–Crippen LogP) is -12.9. The van der Waals surface area contributed by atoms with Gasteiger partial charge in [-0.2, -0.15) is 0 Å². The molecule has 0 aromatic carbocycles. The fraction of sp³-hybridized carbons (Fsp3) is 0.947. The van der Waals surface area contributed by atoms with Crippen LogP contribution in [0.1, 0.15) is 13.8 Å². The predicted molar refractivity (Wildman–Crippen MR) is 213 cm³/mol. The Kier molecular flexibility index (Phi) is 21.5. The Balaban J connectivity index is 1.50. The number of carbonyl (C=O) groups is 2. The van der Waals surface area contributed by atoms with Crippen LogP contribution in [0.2, 0.25) is 0 Å². The number of aliphatic hydroxyl groups is 17. The van der Waals surface area contributed by atoms with Crippen molar-refractivity contribution in [1.82, 2.24) is 10.6 Å². The molecule has 5 aliphatic rings. The molecule has 2 amide bonds. The van der Waals surface area contributed by atoms with Crippen molar-refractivity contribution in [1.29, 1.82) is 0 Å². The summed E-state index contributed by atoms with van der Waals surface area (Å²) in [7, 11) is 0. The van der Waals surface area contributed by atoms with Crippen LogP contribution in [0.15, 0.2) is 0 Å². The Morgan fingerprint density at radius 2 is 0.768 bits per heavy atom. The lowest BCUT2D eigenvalue weighted by Crippen LogP contribution is -2.71. The molecule has 5 fully saturated rings. The fourth-order valence-corrected chi connectivity index (χ4v) is 8.48. The van der Waals surface area contributed by atoms with Gasteiger partial charge in [0.2, 0.25) is 11.8 Å². The molecule has 0 bridgehead atoms. The largest absolute Gasteiger partial charge is 0.394 e. The van der Waals surface area contributed by atoms with Gasteiger partial charge in [-0.15, -0.1) is 0 Å². The van der Waals surface area contributed by atoms with Crippen LogP contribution in [0.25, 0.3) is 0 Å². The molecule has 0 aliphatic carbocycles. The standard InChI is InChI=1S/C38H66N2O29/c1-10(48)39-19-23(53)30(66-36-27(57)25(55)21(51)14(5-43)61-36)16(7-45)63-34(19)68-32-18(9-47)65-38(60-13(4-42)12(50)3-41)29(59)33(32)69-35-20(40-11(2)49)24(54)31(17(8-46)64-35)67-37-28(58)26(56)22(52)15(6-44)62-37/h12-38,41-47,50-59H,3-9H2,1-2H3,(H,39,48)(H,40,49)/t12?,13?,14-,15-,16-,17-,18-,19-,20-,21+,22+,23-,24+,25+,26-,27-,28-,29-,30-,31-,32+,33+,34+,35+,36+,37+,38-/m1/s1. The summed E-state index contributed by atoms with van der Waals surface area (Å²) < 4.78 is 58.0. The lowest BCUT2D eigenvalue weighted by atomic mass is 9.93. The lowest BCUT2D eigenvalue weighted by molar-refractivity contribution is -0.391. The highest BCUT2D eigenvalue weighted by atomic mass is 16.8. The summed E-state index contributed by atoms with van der Waals surface area (Å²) in [6, 6.07) is -3.58. The van der Waals surface area contributed by atoms with E-state index in [1.807, 2.05) is 0 Å². The molecule has 5 heterocycles. The average molecular weight is 1010 g/mol. The fourth-order valence-electron chi connectivity index (χ4n) is 8.48. The molecule has 5 aliphatic heterocycles. The highest BCUT2D eigenvalue weighted by Gasteiger charge is 2.58. The van der Waals surface area contributed by atoms with E-state index in [1.165, 1.54) is 0 Å². The smallest absolute Gasteiger partial charge is 0.217 e. The lowest BCUT2D eigenvalue weighted by Gasteiger charge is -2.51. The third-order valence-corrected chi connectivity index (χ3v) is 12.2. The first kappa shape index (κ1) is 57.8. The number of amides is 2. The summed E-state index contributed by atoms with van der Waals surface area (Å²) in [6.07, 6.45) is -46.9. The van der Waals surface area contributed by atoms with E-state index in [4.69, 9.17) is 47.4 Å². The van der Waals surface area contributed by atoms with Gasteiger partial charge >= 0.3 is 0 Å². The third kappa shape index (κ3) is 13.0. The number of aliphatic hydroxyl groups excluding tert-OH is 17. The van der Waals surface area contributed by atoms with Crippen LogP contribution in [-0.2, 0) is 57.0 Å². The molecule has 19 N–H and O–H groups in total. The van der Waals surface area contributed by atoms with E-state index < -0.39 is 224 Å². The maximum Gasteiger partial charge on any atom is 0.217 e. The second-order valence-electron chi connectivity index (χ2n) is 17.0. The van der Waals surface area contributed by atoms with Crippen LogP contribution in [0, 0.1) is 0 Å². The summed E-state index contributed by atoms with van der Waals surface area (Å²) in [6.45, 7) is -4.82. The second kappa shape index (κ2) is 25.7. The highest BCUT2D eigenvalue weighted by molar-refractivity contribution is 5.73. The maximum atomic E-state index is 12.6. The molecule has 31 heteroatoms. The van der Waals surface area contributed by atoms with Crippen molar-refractivity contribution in [2.45, 2.75) is 179 Å². The minimum atomic E-state index is -2.23. The Bertz CT molecular complexity index is 1590. The van der Waals surface area contributed by atoms with E-state index in [1.54, 1.807) is 0 Å². The Hall–Kier alpha value is -2.14. The van der Waals surface area contributed by atoms with Gasteiger partial charge in [-0.25, -0.2) is 0 Å². The molecule has 5 rings (SSSR count). The SMILES string of the molecule is CC(=O)N[C@H]1[C@H](O[C@@H]2[C@@H](O[C@@H]3O[C@H](CO)[C@@H](O[C@@H]4O[C@H](CO)[C@H](O)[C@@H](O)[C@H]4O)[C@@H](O)[C@H]3NC(C)=O)[C@@H](O)[C@H](OC(CO)C(O)CO)O[C@@H]2CO)O[C@H](CO)[C@@H](O[C@@H]2O[C@H](CO)[C@H](O)[C@H](O)[C@H]2O)[C@@H]1O. The average Bonchev–Trinajstić information content (AvgIpc) is 3.32. The molecule has 0 radical (unpaired) electrons. The summed E-state index contributed by atoms with van der Waals surface area (Å²) in [5.74, 6) is -1.71. The van der Waals surface area contributed by atoms with Crippen molar-refractivity contribution >= 4 is 11.8 Å². The van der Waals surface area contributed by atoms with Crippen molar-refractivity contribution in [3.8, 4) is 0 Å². The number of hydrogen-bond donors (Lipinski definition) is 19. The minimum Gasteiger partial charge on any atom is -0.394 e. The molecule has 27 atom stereocenters. The molecule has 0 spiro atoms. The Morgan fingerprint density at radius 1 is 0.420 bits per heavy atom. The van der Waals surface area contributed by atoms with Crippen molar-refractivity contribution < 1.29 is 144 Å². The monoisotopic (exact) mass is 1010 g/mol. The molecule has 31 nitrogen and oxygen atoms in total. The first-order chi connectivity index (χ1) is 32.7. The van der Waals surface area contributed by atoms with Crippen LogP contribution in [0.4, 0.5) is 0 Å². The molecular formula is C38H66N2O29. The maximum absolute atomic E-state index is 12.6. The molecule has 5 saturated heterocycles. The zero-order valence-electron chi connectivity index (χ0n) is 37.0. The summed E-state index contributed by atoms with van der Waals surface area (Å²) in [4.78, 5) is 25.3. The van der Waals surface area contributed by atoms with Crippen LogP contribution < -0.4 is 10.6 Å². The van der Waals surface area contributed by atoms with Crippen molar-refractivity contribution in [3.63, 3.8) is 0 Å². The number of nitrogens with one attached hydrogen (secondary N) is 2. The van der Waals surface area contributed by atoms with E-state index in [0.29, 0.717) is 0 Å². The van der Waals surface area contributed by atoms with Crippen molar-refractivity contribution in [2.24, 2.45) is 0 Å². The second-order valence-corrected chi connectivity index (χ2v) is 17.0. The molecular weight excluding hydrogens is 948 g/mol. The van der Waals surface area contributed by atoms with Gasteiger partial charge in [0, 0.05) is 13.8 Å². The summed E-state index contributed by atoms with van der Waals surface area (Å²) in [5, 5.41) is 184. The van der Waals surface area contributed by atoms with E-state index >= 15 is 0 Å². The van der Waals surface area contributed by atoms with Crippen LogP contribution in [0.3, 0.4) is 0 Å². The number of ether oxygens (including phenoxy) is 10. The molecule has 0 saturated carbocycles. The van der Waals surface area contributed by atoms with Crippen molar-refractivity contribution in [2.75, 3.05) is 46.2 Å². The van der Waals surface area contributed by atoms with Gasteiger partial charge in [0.05, 0.1) is 46.2 Å². The third-order valence-electron chi connectivity index (χ3n) is 12.2. The Morgan fingerprint density at radius 3 is 1.13 bits per heavy atom. The molecule has 402 valence electrons. The van der Waals surface area contributed by atoms with Gasteiger partial charge in [-0.3, -0.25) is 9.59 Å². The van der Waals surface area contributed by atoms with Crippen molar-refractivity contribution in [3.05, 3.63) is 0 Å². The van der Waals surface area contributed by atoms with Gasteiger partial charge in [0.15, 0.2) is 31.5 Å². The summed E-state index contributed by atoms with van der Waals surface area (Å²) in [5.41, 5.74) is 0. The number of rotatable bonds is 20. The van der Waals surface area contributed by atoms with Gasteiger partial charge < -0.3 is 145 Å². The normalized spacial score (nSPS) is 46.2. The van der Waals surface area contributed by atoms with E-state index in [2.05, 4.69) is 10.6 Å². The van der Waals surface area contributed by atoms with E-state index in [9.17, 15) is 96.4 Å². The van der Waals surface area contributed by atoms with E-state index in [-0.39, 0.29) is 0 Å². The zero-order valence-corrected chi connectivity index (χ0v) is 37.0. The first-order valence-electron chi connectivity index (χ1n) is 21.9. The summed E-state index contributed by atoms with van der Waals surface area (Å²) >= 11 is 0. The van der Waals surface area contributed by atoms with Gasteiger partial charge in [-0.05, 0) is 0 Å². The van der Waals surface area contributed by atoms with Gasteiger partial charge in [-0.1, -0.05) is 0 Å². The van der Waals surface area contributed by atoms with Crippen LogP contribution >= 0.6 is 0 Å². The van der Waals surface area contributed by atoms with Crippen LogP contribution in [-0.4, -0.2) is 310 Å². The zero-order chi connectivity index (χ0) is 51.2. The number of hydrogen-bond acceptors (Lipinski definition) is 29. The molecule has 0 aromatic rings. The van der Waals surface area contributed by atoms with Crippen LogP contribution in [0.5, 0.6) is 0 Å². The minimum absolute atomic E-state index is 0.846. The quantitative estimate of drug-likeness (QED) is 0.0538. The first-order valence-corrected chi connectivity index (χ1v) is 21.9. The van der Waals surface area contributed by atoms with Gasteiger partial charge in [0.25, 0.3) is 0 Å². The molecule has 69 heavy (non-hydrogen) atoms. The highest BCUT2D eigenvalue weighted by Crippen LogP contribution is 2.37. The molecule has 0 aromatic heterocycles.